The predicted octanol–water partition coefficient (Wildman–Crippen LogP) is 6.30. The van der Waals surface area contributed by atoms with Crippen molar-refractivity contribution in [3.05, 3.63) is 113 Å². The Kier molecular flexibility index (Phi) is 9.26. The molecule has 0 fully saturated rings. The van der Waals surface area contributed by atoms with E-state index in [0.717, 1.165) is 16.7 Å². The SMILES string of the molecule is CCOC(=O)/C=C/c1ccc(C(C)C)cc1.O=C(c1ccccc1)c1ccccc1. The van der Waals surface area contributed by atoms with Gasteiger partial charge in [0.2, 0.25) is 0 Å². The Bertz CT molecular complexity index is 899. The van der Waals surface area contributed by atoms with E-state index in [-0.39, 0.29) is 11.8 Å². The molecule has 0 atom stereocenters. The number of carbonyl (C=O) groups excluding carboxylic acids is 2. The third-order valence-corrected chi connectivity index (χ3v) is 4.37. The lowest BCUT2D eigenvalue weighted by Crippen LogP contribution is -1.99. The van der Waals surface area contributed by atoms with Crippen LogP contribution in [-0.2, 0) is 9.53 Å². The number of benzene rings is 3. The van der Waals surface area contributed by atoms with Crippen LogP contribution >= 0.6 is 0 Å². The van der Waals surface area contributed by atoms with Crippen LogP contribution in [0.2, 0.25) is 0 Å². The van der Waals surface area contributed by atoms with Crippen molar-refractivity contribution in [2.24, 2.45) is 0 Å². The van der Waals surface area contributed by atoms with E-state index in [1.54, 1.807) is 13.0 Å². The second-order valence-corrected chi connectivity index (χ2v) is 6.97. The fourth-order valence-corrected chi connectivity index (χ4v) is 2.69. The average molecular weight is 401 g/mol. The number of ketones is 1. The summed E-state index contributed by atoms with van der Waals surface area (Å²) in [4.78, 5) is 22.9. The van der Waals surface area contributed by atoms with Crippen LogP contribution < -0.4 is 0 Å². The van der Waals surface area contributed by atoms with Gasteiger partial charge >= 0.3 is 5.97 Å². The van der Waals surface area contributed by atoms with E-state index in [1.165, 1.54) is 11.6 Å². The van der Waals surface area contributed by atoms with Crippen molar-refractivity contribution < 1.29 is 14.3 Å². The molecule has 0 aliphatic rings. The Morgan fingerprint density at radius 1 is 0.800 bits per heavy atom. The monoisotopic (exact) mass is 400 g/mol. The van der Waals surface area contributed by atoms with Crippen molar-refractivity contribution in [2.75, 3.05) is 6.61 Å². The highest BCUT2D eigenvalue weighted by atomic mass is 16.5. The van der Waals surface area contributed by atoms with Crippen LogP contribution in [0.1, 0.15) is 53.7 Å². The molecule has 0 amide bonds. The summed E-state index contributed by atoms with van der Waals surface area (Å²) in [6, 6.07) is 26.8. The maximum Gasteiger partial charge on any atom is 0.330 e. The molecule has 0 spiro atoms. The Balaban J connectivity index is 0.000000215. The molecular formula is C27H28O3. The van der Waals surface area contributed by atoms with Gasteiger partial charge in [-0.3, -0.25) is 4.79 Å². The third kappa shape index (κ3) is 7.51. The molecule has 3 heteroatoms. The first-order valence-corrected chi connectivity index (χ1v) is 10.1. The summed E-state index contributed by atoms with van der Waals surface area (Å²) in [6.45, 7) is 6.52. The maximum absolute atomic E-state index is 11.8. The zero-order chi connectivity index (χ0) is 21.8. The van der Waals surface area contributed by atoms with Crippen molar-refractivity contribution in [1.82, 2.24) is 0 Å². The molecule has 3 aromatic carbocycles. The lowest BCUT2D eigenvalue weighted by atomic mass is 10.0. The Labute approximate surface area is 179 Å². The zero-order valence-electron chi connectivity index (χ0n) is 17.7. The van der Waals surface area contributed by atoms with Gasteiger partial charge in [0.05, 0.1) is 6.61 Å². The highest BCUT2D eigenvalue weighted by molar-refractivity contribution is 6.08. The van der Waals surface area contributed by atoms with Gasteiger partial charge in [0.1, 0.15) is 0 Å². The number of carbonyl (C=O) groups is 2. The second-order valence-electron chi connectivity index (χ2n) is 6.97. The van der Waals surface area contributed by atoms with Crippen molar-refractivity contribution in [2.45, 2.75) is 26.7 Å². The van der Waals surface area contributed by atoms with Crippen LogP contribution in [0.15, 0.2) is 91.0 Å². The fraction of sp³-hybridized carbons (Fsp3) is 0.185. The number of rotatable bonds is 6. The third-order valence-electron chi connectivity index (χ3n) is 4.37. The Morgan fingerprint density at radius 2 is 1.30 bits per heavy atom. The fourth-order valence-electron chi connectivity index (χ4n) is 2.69. The van der Waals surface area contributed by atoms with Crippen molar-refractivity contribution in [3.63, 3.8) is 0 Å². The summed E-state index contributed by atoms with van der Waals surface area (Å²) in [5.41, 5.74) is 3.78. The molecular weight excluding hydrogens is 372 g/mol. The first-order chi connectivity index (χ1) is 14.5. The summed E-state index contributed by atoms with van der Waals surface area (Å²) in [6.07, 6.45) is 3.22. The van der Waals surface area contributed by atoms with Crippen molar-refractivity contribution >= 4 is 17.8 Å². The van der Waals surface area contributed by atoms with Gasteiger partial charge in [-0.1, -0.05) is 98.8 Å². The van der Waals surface area contributed by atoms with Gasteiger partial charge in [0.25, 0.3) is 0 Å². The van der Waals surface area contributed by atoms with E-state index < -0.39 is 0 Å². The number of hydrogen-bond donors (Lipinski definition) is 0. The number of hydrogen-bond acceptors (Lipinski definition) is 3. The van der Waals surface area contributed by atoms with Crippen LogP contribution in [0.25, 0.3) is 6.08 Å². The summed E-state index contributed by atoms with van der Waals surface area (Å²) < 4.78 is 4.80. The lowest BCUT2D eigenvalue weighted by Gasteiger charge is -2.04. The molecule has 3 nitrogen and oxygen atoms in total. The lowest BCUT2D eigenvalue weighted by molar-refractivity contribution is -0.137. The normalized spacial score (nSPS) is 10.4. The van der Waals surface area contributed by atoms with Gasteiger partial charge in [0.15, 0.2) is 5.78 Å². The molecule has 3 aromatic rings. The smallest absolute Gasteiger partial charge is 0.330 e. The minimum atomic E-state index is -0.296. The molecule has 3 rings (SSSR count). The van der Waals surface area contributed by atoms with Crippen molar-refractivity contribution in [3.8, 4) is 0 Å². The van der Waals surface area contributed by atoms with Crippen LogP contribution in [0.5, 0.6) is 0 Å². The van der Waals surface area contributed by atoms with Crippen LogP contribution in [-0.4, -0.2) is 18.4 Å². The van der Waals surface area contributed by atoms with Gasteiger partial charge in [-0.2, -0.15) is 0 Å². The van der Waals surface area contributed by atoms with E-state index >= 15 is 0 Å². The molecule has 0 saturated carbocycles. The topological polar surface area (TPSA) is 43.4 Å². The van der Waals surface area contributed by atoms with Gasteiger partial charge < -0.3 is 4.74 Å². The number of ether oxygens (including phenoxy) is 1. The molecule has 0 heterocycles. The zero-order valence-corrected chi connectivity index (χ0v) is 17.7. The van der Waals surface area contributed by atoms with E-state index in [0.29, 0.717) is 12.5 Å². The van der Waals surface area contributed by atoms with Crippen LogP contribution in [0.3, 0.4) is 0 Å². The maximum atomic E-state index is 11.8. The average Bonchev–Trinajstić information content (AvgIpc) is 2.79. The highest BCUT2D eigenvalue weighted by Gasteiger charge is 2.06. The molecule has 0 N–H and O–H groups in total. The van der Waals surface area contributed by atoms with Crippen molar-refractivity contribution in [1.29, 1.82) is 0 Å². The van der Waals surface area contributed by atoms with Gasteiger partial charge in [-0.25, -0.2) is 4.79 Å². The quantitative estimate of drug-likeness (QED) is 0.277. The Morgan fingerprint density at radius 3 is 1.73 bits per heavy atom. The minimum absolute atomic E-state index is 0.0752. The van der Waals surface area contributed by atoms with E-state index in [4.69, 9.17) is 4.74 Å². The Hall–Kier alpha value is -3.46. The highest BCUT2D eigenvalue weighted by Crippen LogP contribution is 2.15. The first kappa shape index (κ1) is 22.8. The van der Waals surface area contributed by atoms with E-state index in [1.807, 2.05) is 72.8 Å². The van der Waals surface area contributed by atoms with Gasteiger partial charge in [-0.15, -0.1) is 0 Å². The molecule has 0 radical (unpaired) electrons. The molecule has 0 aliphatic heterocycles. The van der Waals surface area contributed by atoms with Crippen LogP contribution in [0.4, 0.5) is 0 Å². The predicted molar refractivity (Wildman–Crippen MR) is 123 cm³/mol. The minimum Gasteiger partial charge on any atom is -0.463 e. The van der Waals surface area contributed by atoms with Crippen LogP contribution in [0, 0.1) is 0 Å². The van der Waals surface area contributed by atoms with Gasteiger partial charge in [-0.05, 0) is 30.0 Å². The van der Waals surface area contributed by atoms with E-state index in [9.17, 15) is 9.59 Å². The largest absolute Gasteiger partial charge is 0.463 e. The standard InChI is InChI=1S/C14H18O2.C13H10O/c1-4-16-14(15)10-7-12-5-8-13(9-6-12)11(2)3;14-13(11-7-3-1-4-8-11)12-9-5-2-6-10-12/h5-11H,4H2,1-3H3;1-10H/b10-7+;. The summed E-state index contributed by atoms with van der Waals surface area (Å²) in [7, 11) is 0. The molecule has 0 aromatic heterocycles. The summed E-state index contributed by atoms with van der Waals surface area (Å²) in [5, 5.41) is 0. The molecule has 0 aliphatic carbocycles. The molecule has 30 heavy (non-hydrogen) atoms. The van der Waals surface area contributed by atoms with E-state index in [2.05, 4.69) is 26.0 Å². The molecule has 0 saturated heterocycles. The molecule has 0 unspecified atom stereocenters. The first-order valence-electron chi connectivity index (χ1n) is 10.1. The number of esters is 1. The second kappa shape index (κ2) is 12.2. The molecule has 154 valence electrons. The van der Waals surface area contributed by atoms with Gasteiger partial charge in [0, 0.05) is 17.2 Å². The summed E-state index contributed by atoms with van der Waals surface area (Å²) >= 11 is 0. The molecule has 0 bridgehead atoms. The summed E-state index contributed by atoms with van der Waals surface area (Å²) in [5.74, 6) is 0.310.